The summed E-state index contributed by atoms with van der Waals surface area (Å²) in [6, 6.07) is 8.97. The second kappa shape index (κ2) is 4.31. The lowest BCUT2D eigenvalue weighted by Crippen LogP contribution is -2.10. The molecule has 0 amide bonds. The summed E-state index contributed by atoms with van der Waals surface area (Å²) in [5.41, 5.74) is 2.43. The molecule has 2 rings (SSSR count). The Balaban J connectivity index is 2.43. The van der Waals surface area contributed by atoms with E-state index in [1.165, 1.54) is 0 Å². The lowest BCUT2D eigenvalue weighted by molar-refractivity contribution is 0.626. The molecule has 2 nitrogen and oxygen atoms in total. The van der Waals surface area contributed by atoms with Crippen LogP contribution in [0.15, 0.2) is 42.7 Å². The molecule has 0 N–H and O–H groups in total. The number of rotatable bonds is 2. The number of benzene rings is 1. The molecular weight excluding hydrogens is 203 g/mol. The predicted molar refractivity (Wildman–Crippen MR) is 64.0 cm³/mol. The Morgan fingerprint density at radius 3 is 2.25 bits per heavy atom. The molecule has 16 heavy (non-hydrogen) atoms. The van der Waals surface area contributed by atoms with Crippen LogP contribution in [-0.4, -0.2) is 19.1 Å². The van der Waals surface area contributed by atoms with Gasteiger partial charge in [0, 0.05) is 26.5 Å². The van der Waals surface area contributed by atoms with Crippen molar-refractivity contribution < 1.29 is 4.39 Å². The molecule has 0 aliphatic rings. The standard InChI is InChI=1S/C13H13FN2/c1-16(2)13-4-3-11(9-12(13)14)10-5-7-15-8-6-10/h3-9H,1-2H3. The Bertz CT molecular complexity index is 481. The molecule has 0 aliphatic carbocycles. The third-order valence-corrected chi connectivity index (χ3v) is 2.44. The van der Waals surface area contributed by atoms with E-state index in [4.69, 9.17) is 0 Å². The molecule has 2 aromatic rings. The zero-order chi connectivity index (χ0) is 11.5. The molecule has 0 bridgehead atoms. The molecule has 1 heterocycles. The molecule has 1 aromatic heterocycles. The molecular formula is C13H13FN2. The number of halogens is 1. The Morgan fingerprint density at radius 2 is 1.69 bits per heavy atom. The first-order valence-corrected chi connectivity index (χ1v) is 5.06. The zero-order valence-electron chi connectivity index (χ0n) is 9.31. The van der Waals surface area contributed by atoms with Gasteiger partial charge in [-0.1, -0.05) is 6.07 Å². The molecule has 0 unspecified atom stereocenters. The summed E-state index contributed by atoms with van der Waals surface area (Å²) in [6.45, 7) is 0. The van der Waals surface area contributed by atoms with Crippen molar-refractivity contribution in [2.24, 2.45) is 0 Å². The Morgan fingerprint density at radius 1 is 1.00 bits per heavy atom. The number of hydrogen-bond acceptors (Lipinski definition) is 2. The van der Waals surface area contributed by atoms with E-state index in [0.717, 1.165) is 11.1 Å². The second-order valence-corrected chi connectivity index (χ2v) is 3.80. The minimum absolute atomic E-state index is 0.209. The maximum Gasteiger partial charge on any atom is 0.147 e. The van der Waals surface area contributed by atoms with Gasteiger partial charge in [-0.25, -0.2) is 4.39 Å². The number of hydrogen-bond donors (Lipinski definition) is 0. The van der Waals surface area contributed by atoms with Crippen molar-refractivity contribution in [1.82, 2.24) is 4.98 Å². The topological polar surface area (TPSA) is 16.1 Å². The van der Waals surface area contributed by atoms with Gasteiger partial charge in [0.05, 0.1) is 5.69 Å². The third-order valence-electron chi connectivity index (χ3n) is 2.44. The van der Waals surface area contributed by atoms with E-state index in [-0.39, 0.29) is 5.82 Å². The highest BCUT2D eigenvalue weighted by Crippen LogP contribution is 2.24. The first-order valence-electron chi connectivity index (χ1n) is 5.06. The lowest BCUT2D eigenvalue weighted by atomic mass is 10.1. The van der Waals surface area contributed by atoms with E-state index in [1.54, 1.807) is 29.4 Å². The van der Waals surface area contributed by atoms with E-state index in [2.05, 4.69) is 4.98 Å². The summed E-state index contributed by atoms with van der Waals surface area (Å²) < 4.78 is 13.7. The lowest BCUT2D eigenvalue weighted by Gasteiger charge is -2.14. The Kier molecular flexibility index (Phi) is 2.86. The van der Waals surface area contributed by atoms with Gasteiger partial charge in [0.1, 0.15) is 5.82 Å². The summed E-state index contributed by atoms with van der Waals surface area (Å²) in [5.74, 6) is -0.209. The monoisotopic (exact) mass is 216 g/mol. The minimum Gasteiger partial charge on any atom is -0.375 e. The normalized spacial score (nSPS) is 10.2. The smallest absolute Gasteiger partial charge is 0.147 e. The van der Waals surface area contributed by atoms with Crippen molar-refractivity contribution in [2.45, 2.75) is 0 Å². The van der Waals surface area contributed by atoms with Gasteiger partial charge in [-0.2, -0.15) is 0 Å². The fourth-order valence-corrected chi connectivity index (χ4v) is 1.59. The van der Waals surface area contributed by atoms with Gasteiger partial charge in [0.15, 0.2) is 0 Å². The van der Waals surface area contributed by atoms with Gasteiger partial charge in [-0.15, -0.1) is 0 Å². The SMILES string of the molecule is CN(C)c1ccc(-c2ccncc2)cc1F. The summed E-state index contributed by atoms with van der Waals surface area (Å²) in [7, 11) is 3.65. The van der Waals surface area contributed by atoms with Crippen LogP contribution in [0, 0.1) is 5.82 Å². The fourth-order valence-electron chi connectivity index (χ4n) is 1.59. The van der Waals surface area contributed by atoms with Crippen LogP contribution < -0.4 is 4.90 Å². The highest BCUT2D eigenvalue weighted by atomic mass is 19.1. The van der Waals surface area contributed by atoms with Gasteiger partial charge >= 0.3 is 0 Å². The van der Waals surface area contributed by atoms with Gasteiger partial charge in [0.2, 0.25) is 0 Å². The van der Waals surface area contributed by atoms with E-state index < -0.39 is 0 Å². The first kappa shape index (κ1) is 10.6. The van der Waals surface area contributed by atoms with E-state index in [9.17, 15) is 4.39 Å². The Labute approximate surface area is 94.4 Å². The predicted octanol–water partition coefficient (Wildman–Crippen LogP) is 2.95. The average molecular weight is 216 g/mol. The van der Waals surface area contributed by atoms with Crippen molar-refractivity contribution in [3.63, 3.8) is 0 Å². The van der Waals surface area contributed by atoms with Gasteiger partial charge in [-0.05, 0) is 35.4 Å². The molecule has 0 fully saturated rings. The molecule has 3 heteroatoms. The summed E-state index contributed by atoms with van der Waals surface area (Å²) in [6.07, 6.45) is 3.40. The van der Waals surface area contributed by atoms with Gasteiger partial charge in [-0.3, -0.25) is 4.98 Å². The Hall–Kier alpha value is -1.90. The van der Waals surface area contributed by atoms with E-state index >= 15 is 0 Å². The zero-order valence-corrected chi connectivity index (χ0v) is 9.31. The van der Waals surface area contributed by atoms with Gasteiger partial charge in [0.25, 0.3) is 0 Å². The van der Waals surface area contributed by atoms with Crippen LogP contribution in [0.3, 0.4) is 0 Å². The highest BCUT2D eigenvalue weighted by molar-refractivity contribution is 5.66. The molecule has 0 radical (unpaired) electrons. The molecule has 82 valence electrons. The molecule has 0 aliphatic heterocycles. The van der Waals surface area contributed by atoms with Crippen molar-refractivity contribution in [3.8, 4) is 11.1 Å². The van der Waals surface area contributed by atoms with Crippen LogP contribution in [0.25, 0.3) is 11.1 Å². The minimum atomic E-state index is -0.209. The number of aromatic nitrogens is 1. The maximum atomic E-state index is 13.7. The van der Waals surface area contributed by atoms with Crippen LogP contribution in [-0.2, 0) is 0 Å². The van der Waals surface area contributed by atoms with Crippen molar-refractivity contribution in [3.05, 3.63) is 48.5 Å². The number of nitrogens with zero attached hydrogens (tertiary/aromatic N) is 2. The summed E-state index contributed by atoms with van der Waals surface area (Å²) >= 11 is 0. The second-order valence-electron chi connectivity index (χ2n) is 3.80. The van der Waals surface area contributed by atoms with Crippen LogP contribution in [0.1, 0.15) is 0 Å². The molecule has 0 saturated carbocycles. The molecule has 1 aromatic carbocycles. The largest absolute Gasteiger partial charge is 0.375 e. The van der Waals surface area contributed by atoms with Crippen LogP contribution in [0.2, 0.25) is 0 Å². The average Bonchev–Trinajstić information content (AvgIpc) is 2.29. The van der Waals surface area contributed by atoms with Crippen LogP contribution in [0.5, 0.6) is 0 Å². The van der Waals surface area contributed by atoms with Crippen LogP contribution >= 0.6 is 0 Å². The molecule has 0 saturated heterocycles. The third kappa shape index (κ3) is 2.03. The number of anilines is 1. The molecule has 0 spiro atoms. The highest BCUT2D eigenvalue weighted by Gasteiger charge is 2.06. The van der Waals surface area contributed by atoms with Gasteiger partial charge < -0.3 is 4.90 Å². The molecule has 0 atom stereocenters. The maximum absolute atomic E-state index is 13.7. The van der Waals surface area contributed by atoms with Crippen molar-refractivity contribution >= 4 is 5.69 Å². The van der Waals surface area contributed by atoms with E-state index in [0.29, 0.717) is 5.69 Å². The summed E-state index contributed by atoms with van der Waals surface area (Å²) in [5, 5.41) is 0. The van der Waals surface area contributed by atoms with Crippen molar-refractivity contribution in [2.75, 3.05) is 19.0 Å². The quantitative estimate of drug-likeness (QED) is 0.767. The number of pyridine rings is 1. The first-order chi connectivity index (χ1) is 7.68. The van der Waals surface area contributed by atoms with Crippen molar-refractivity contribution in [1.29, 1.82) is 0 Å². The van der Waals surface area contributed by atoms with Crippen LogP contribution in [0.4, 0.5) is 10.1 Å². The van der Waals surface area contributed by atoms with E-state index in [1.807, 2.05) is 32.3 Å². The summed E-state index contributed by atoms with van der Waals surface area (Å²) in [4.78, 5) is 5.69. The fraction of sp³-hybridized carbons (Fsp3) is 0.154.